The minimum absolute atomic E-state index is 0.0124. The molecular formula is C13H11BrN2O2S. The third-order valence-electron chi connectivity index (χ3n) is 2.36. The molecule has 4 nitrogen and oxygen atoms in total. The largest absolute Gasteiger partial charge is 0.301 e. The lowest BCUT2D eigenvalue weighted by Crippen LogP contribution is -2.10. The average molecular weight is 339 g/mol. The molecule has 0 unspecified atom stereocenters. The van der Waals surface area contributed by atoms with Gasteiger partial charge in [-0.2, -0.15) is 0 Å². The van der Waals surface area contributed by atoms with Crippen molar-refractivity contribution in [1.82, 2.24) is 9.97 Å². The van der Waals surface area contributed by atoms with Crippen molar-refractivity contribution in [3.63, 3.8) is 0 Å². The molecule has 0 aliphatic rings. The molecule has 0 atom stereocenters. The molecule has 1 N–H and O–H groups in total. The Labute approximate surface area is 122 Å². The number of hydrogen-bond acceptors (Lipinski definition) is 4. The number of aryl methyl sites for hydroxylation is 1. The fourth-order valence-electron chi connectivity index (χ4n) is 1.52. The van der Waals surface area contributed by atoms with E-state index >= 15 is 0 Å². The highest BCUT2D eigenvalue weighted by Crippen LogP contribution is 2.20. The van der Waals surface area contributed by atoms with Crippen molar-refractivity contribution >= 4 is 33.5 Å². The zero-order chi connectivity index (χ0) is 13.8. The zero-order valence-corrected chi connectivity index (χ0v) is 12.5. The third-order valence-corrected chi connectivity index (χ3v) is 3.93. The van der Waals surface area contributed by atoms with Crippen molar-refractivity contribution in [2.45, 2.75) is 12.1 Å². The molecule has 2 aromatic rings. The first-order valence-corrected chi connectivity index (χ1v) is 7.32. The Morgan fingerprint density at radius 1 is 1.42 bits per heavy atom. The first kappa shape index (κ1) is 14.0. The molecule has 0 amide bonds. The van der Waals surface area contributed by atoms with E-state index in [1.807, 2.05) is 18.2 Å². The lowest BCUT2D eigenvalue weighted by Gasteiger charge is -2.03. The van der Waals surface area contributed by atoms with Gasteiger partial charge in [-0.15, -0.1) is 0 Å². The van der Waals surface area contributed by atoms with Crippen LogP contribution in [0.5, 0.6) is 0 Å². The van der Waals surface area contributed by atoms with Gasteiger partial charge in [0.25, 0.3) is 5.56 Å². The van der Waals surface area contributed by atoms with Gasteiger partial charge in [0.05, 0.1) is 5.75 Å². The van der Waals surface area contributed by atoms with Crippen molar-refractivity contribution in [1.29, 1.82) is 0 Å². The third kappa shape index (κ3) is 3.78. The lowest BCUT2D eigenvalue weighted by molar-refractivity contribution is 0.102. The number of carbonyl (C=O) groups is 1. The number of nitrogens with zero attached hydrogens (tertiary/aromatic N) is 1. The van der Waals surface area contributed by atoms with E-state index in [9.17, 15) is 9.59 Å². The average Bonchev–Trinajstić information content (AvgIpc) is 2.35. The smallest absolute Gasteiger partial charge is 0.251 e. The summed E-state index contributed by atoms with van der Waals surface area (Å²) in [5, 5.41) is 0.463. The summed E-state index contributed by atoms with van der Waals surface area (Å²) in [6.07, 6.45) is 0. The number of nitrogens with one attached hydrogen (secondary N) is 1. The van der Waals surface area contributed by atoms with Crippen molar-refractivity contribution in [2.24, 2.45) is 0 Å². The van der Waals surface area contributed by atoms with E-state index in [1.54, 1.807) is 13.0 Å². The molecule has 0 saturated heterocycles. The normalized spacial score (nSPS) is 10.4. The molecule has 0 aliphatic carbocycles. The Hall–Kier alpha value is -1.40. The summed E-state index contributed by atoms with van der Waals surface area (Å²) in [7, 11) is 0. The van der Waals surface area contributed by atoms with Gasteiger partial charge in [-0.3, -0.25) is 9.59 Å². The van der Waals surface area contributed by atoms with Gasteiger partial charge in [-0.05, 0) is 13.0 Å². The van der Waals surface area contributed by atoms with Crippen molar-refractivity contribution in [3.8, 4) is 0 Å². The van der Waals surface area contributed by atoms with Crippen LogP contribution >= 0.6 is 27.7 Å². The Morgan fingerprint density at radius 2 is 2.16 bits per heavy atom. The van der Waals surface area contributed by atoms with Crippen LogP contribution in [0.15, 0.2) is 44.8 Å². The number of H-pyrrole nitrogens is 1. The van der Waals surface area contributed by atoms with E-state index < -0.39 is 0 Å². The molecule has 98 valence electrons. The topological polar surface area (TPSA) is 62.8 Å². The molecule has 1 heterocycles. The molecule has 0 fully saturated rings. The molecule has 0 saturated carbocycles. The number of Topliss-reactive ketones (excluding diaryl/α,β-unsaturated/α-hetero) is 1. The molecule has 0 radical (unpaired) electrons. The maximum Gasteiger partial charge on any atom is 0.251 e. The predicted octanol–water partition coefficient (Wildman–Crippen LogP) is 2.82. The van der Waals surface area contributed by atoms with Gasteiger partial charge >= 0.3 is 0 Å². The van der Waals surface area contributed by atoms with E-state index in [1.165, 1.54) is 17.8 Å². The van der Waals surface area contributed by atoms with Crippen LogP contribution < -0.4 is 5.56 Å². The summed E-state index contributed by atoms with van der Waals surface area (Å²) in [6, 6.07) is 8.67. The number of rotatable bonds is 4. The summed E-state index contributed by atoms with van der Waals surface area (Å²) in [6.45, 7) is 1.74. The minimum Gasteiger partial charge on any atom is -0.301 e. The van der Waals surface area contributed by atoms with Crippen molar-refractivity contribution < 1.29 is 4.79 Å². The zero-order valence-electron chi connectivity index (χ0n) is 10.1. The first-order chi connectivity index (χ1) is 9.06. The van der Waals surface area contributed by atoms with Crippen LogP contribution in [0.2, 0.25) is 0 Å². The van der Waals surface area contributed by atoms with Crippen LogP contribution in [0.3, 0.4) is 0 Å². The van der Waals surface area contributed by atoms with Crippen molar-refractivity contribution in [3.05, 3.63) is 56.4 Å². The van der Waals surface area contributed by atoms with Gasteiger partial charge in [0.2, 0.25) is 0 Å². The fourth-order valence-corrected chi connectivity index (χ4v) is 2.83. The summed E-state index contributed by atoms with van der Waals surface area (Å²) in [4.78, 5) is 30.1. The highest BCUT2D eigenvalue weighted by Gasteiger charge is 2.10. The Morgan fingerprint density at radius 3 is 2.84 bits per heavy atom. The minimum atomic E-state index is -0.205. The van der Waals surface area contributed by atoms with Gasteiger partial charge in [0.15, 0.2) is 10.9 Å². The number of benzene rings is 1. The van der Waals surface area contributed by atoms with E-state index in [0.29, 0.717) is 16.4 Å². The highest BCUT2D eigenvalue weighted by molar-refractivity contribution is 9.10. The Kier molecular flexibility index (Phi) is 4.55. The molecule has 0 aliphatic heterocycles. The molecule has 19 heavy (non-hydrogen) atoms. The predicted molar refractivity (Wildman–Crippen MR) is 78.8 cm³/mol. The molecule has 0 spiro atoms. The second-order valence-corrected chi connectivity index (χ2v) is 5.70. The SMILES string of the molecule is Cc1cc(=O)[nH]c(SCC(=O)c2ccccc2Br)n1. The Bertz CT molecular complexity index is 670. The molecule has 2 rings (SSSR count). The lowest BCUT2D eigenvalue weighted by atomic mass is 10.1. The van der Waals surface area contributed by atoms with Gasteiger partial charge < -0.3 is 4.98 Å². The quantitative estimate of drug-likeness (QED) is 0.529. The Balaban J connectivity index is 2.09. The van der Waals surface area contributed by atoms with Gasteiger partial charge in [0, 0.05) is 21.8 Å². The summed E-state index contributed by atoms with van der Waals surface area (Å²) in [5.74, 6) is 0.219. The molecule has 1 aromatic carbocycles. The van der Waals surface area contributed by atoms with Gasteiger partial charge in [-0.1, -0.05) is 45.9 Å². The number of ketones is 1. The van der Waals surface area contributed by atoms with Gasteiger partial charge in [0.1, 0.15) is 0 Å². The van der Waals surface area contributed by atoms with Crippen molar-refractivity contribution in [2.75, 3.05) is 5.75 Å². The van der Waals surface area contributed by atoms with Gasteiger partial charge in [-0.25, -0.2) is 4.98 Å². The maximum atomic E-state index is 12.0. The van der Waals surface area contributed by atoms with Crippen LogP contribution in [0.25, 0.3) is 0 Å². The van der Waals surface area contributed by atoms with Crippen LogP contribution in [0.1, 0.15) is 16.1 Å². The highest BCUT2D eigenvalue weighted by atomic mass is 79.9. The number of aromatic amines is 1. The fraction of sp³-hybridized carbons (Fsp3) is 0.154. The number of aromatic nitrogens is 2. The standard InChI is InChI=1S/C13H11BrN2O2S/c1-8-6-12(18)16-13(15-8)19-7-11(17)9-4-2-3-5-10(9)14/h2-6H,7H2,1H3,(H,15,16,18). The van der Waals surface area contributed by atoms with Crippen LogP contribution in [-0.2, 0) is 0 Å². The van der Waals surface area contributed by atoms with E-state index in [0.717, 1.165) is 4.47 Å². The van der Waals surface area contributed by atoms with Crippen LogP contribution in [-0.4, -0.2) is 21.5 Å². The van der Waals surface area contributed by atoms with E-state index in [-0.39, 0.29) is 17.1 Å². The number of halogens is 1. The van der Waals surface area contributed by atoms with Crippen LogP contribution in [0.4, 0.5) is 0 Å². The molecule has 0 bridgehead atoms. The number of carbonyl (C=O) groups excluding carboxylic acids is 1. The molecule has 6 heteroatoms. The number of hydrogen-bond donors (Lipinski definition) is 1. The second kappa shape index (κ2) is 6.16. The summed E-state index contributed by atoms with van der Waals surface area (Å²) in [5.41, 5.74) is 1.06. The maximum absolute atomic E-state index is 12.0. The van der Waals surface area contributed by atoms with E-state index in [2.05, 4.69) is 25.9 Å². The first-order valence-electron chi connectivity index (χ1n) is 5.55. The van der Waals surface area contributed by atoms with E-state index in [4.69, 9.17) is 0 Å². The summed E-state index contributed by atoms with van der Waals surface area (Å²) < 4.78 is 0.770. The molecular weight excluding hydrogens is 328 g/mol. The van der Waals surface area contributed by atoms with Crippen LogP contribution in [0, 0.1) is 6.92 Å². The second-order valence-electron chi connectivity index (χ2n) is 3.88. The molecule has 1 aromatic heterocycles. The summed E-state index contributed by atoms with van der Waals surface area (Å²) >= 11 is 4.57. The monoisotopic (exact) mass is 338 g/mol. The number of thioether (sulfide) groups is 1.